The molecule has 0 aromatic carbocycles. The Labute approximate surface area is 76.7 Å². The van der Waals surface area contributed by atoms with Crippen LogP contribution in [0.3, 0.4) is 0 Å². The summed E-state index contributed by atoms with van der Waals surface area (Å²) in [5, 5.41) is 0. The second kappa shape index (κ2) is 4.00. The lowest BCUT2D eigenvalue weighted by atomic mass is 10.2. The average Bonchev–Trinajstić information content (AvgIpc) is 2.03. The molecule has 0 spiro atoms. The molecular weight excluding hydrogens is 168 g/mol. The van der Waals surface area contributed by atoms with Crippen molar-refractivity contribution in [2.24, 2.45) is 5.73 Å². The number of esters is 1. The van der Waals surface area contributed by atoms with E-state index < -0.39 is 12.2 Å². The molecule has 4 heteroatoms. The zero-order valence-electron chi connectivity index (χ0n) is 7.65. The number of pyridine rings is 1. The molecule has 1 rings (SSSR count). The SMILES string of the molecule is Cc1ccnc(C(=O)OC(C)N)c1. The molecule has 0 aliphatic rings. The first kappa shape index (κ1) is 9.67. The fourth-order valence-electron chi connectivity index (χ4n) is 0.877. The monoisotopic (exact) mass is 180 g/mol. The second-order valence-electron chi connectivity index (χ2n) is 2.83. The van der Waals surface area contributed by atoms with Crippen LogP contribution in [0.5, 0.6) is 0 Å². The number of hydrogen-bond acceptors (Lipinski definition) is 4. The van der Waals surface area contributed by atoms with Gasteiger partial charge in [0, 0.05) is 6.20 Å². The Morgan fingerprint density at radius 1 is 1.69 bits per heavy atom. The Bertz CT molecular complexity index is 310. The van der Waals surface area contributed by atoms with Crippen LogP contribution in [0.4, 0.5) is 0 Å². The van der Waals surface area contributed by atoms with Crippen LogP contribution in [0.25, 0.3) is 0 Å². The predicted molar refractivity (Wildman–Crippen MR) is 48.0 cm³/mol. The lowest BCUT2D eigenvalue weighted by Gasteiger charge is -2.06. The number of carbonyl (C=O) groups excluding carboxylic acids is 1. The lowest BCUT2D eigenvalue weighted by Crippen LogP contribution is -2.23. The van der Waals surface area contributed by atoms with Crippen molar-refractivity contribution in [3.63, 3.8) is 0 Å². The zero-order chi connectivity index (χ0) is 9.84. The van der Waals surface area contributed by atoms with E-state index in [-0.39, 0.29) is 5.69 Å². The highest BCUT2D eigenvalue weighted by molar-refractivity contribution is 5.87. The van der Waals surface area contributed by atoms with E-state index in [1.807, 2.05) is 13.0 Å². The number of aromatic nitrogens is 1. The van der Waals surface area contributed by atoms with Gasteiger partial charge in [0.1, 0.15) is 11.9 Å². The Morgan fingerprint density at radius 3 is 2.92 bits per heavy atom. The van der Waals surface area contributed by atoms with Gasteiger partial charge in [-0.3, -0.25) is 5.73 Å². The van der Waals surface area contributed by atoms with Gasteiger partial charge in [-0.05, 0) is 31.5 Å². The molecule has 0 bridgehead atoms. The third-order valence-corrected chi connectivity index (χ3v) is 1.42. The van der Waals surface area contributed by atoms with Crippen LogP contribution in [0.1, 0.15) is 23.0 Å². The van der Waals surface area contributed by atoms with Gasteiger partial charge in [0.15, 0.2) is 0 Å². The smallest absolute Gasteiger partial charge is 0.358 e. The fraction of sp³-hybridized carbons (Fsp3) is 0.333. The van der Waals surface area contributed by atoms with Gasteiger partial charge in [0.05, 0.1) is 0 Å². The molecule has 1 unspecified atom stereocenters. The van der Waals surface area contributed by atoms with Crippen molar-refractivity contribution >= 4 is 5.97 Å². The van der Waals surface area contributed by atoms with E-state index in [0.717, 1.165) is 5.56 Å². The highest BCUT2D eigenvalue weighted by Crippen LogP contribution is 2.02. The summed E-state index contributed by atoms with van der Waals surface area (Å²) < 4.78 is 4.77. The molecule has 1 aromatic rings. The molecule has 1 atom stereocenters. The summed E-state index contributed by atoms with van der Waals surface area (Å²) in [5.41, 5.74) is 6.55. The van der Waals surface area contributed by atoms with Crippen molar-refractivity contribution in [3.8, 4) is 0 Å². The van der Waals surface area contributed by atoms with Gasteiger partial charge in [0.2, 0.25) is 0 Å². The Morgan fingerprint density at radius 2 is 2.38 bits per heavy atom. The molecule has 0 aliphatic heterocycles. The van der Waals surface area contributed by atoms with Crippen molar-refractivity contribution in [2.45, 2.75) is 20.1 Å². The van der Waals surface area contributed by atoms with Gasteiger partial charge in [0.25, 0.3) is 0 Å². The second-order valence-corrected chi connectivity index (χ2v) is 2.83. The number of hydrogen-bond donors (Lipinski definition) is 1. The molecule has 0 saturated carbocycles. The minimum absolute atomic E-state index is 0.289. The molecule has 0 amide bonds. The number of aryl methyl sites for hydroxylation is 1. The summed E-state index contributed by atoms with van der Waals surface area (Å²) in [7, 11) is 0. The van der Waals surface area contributed by atoms with E-state index in [2.05, 4.69) is 4.98 Å². The normalized spacial score (nSPS) is 12.2. The fourth-order valence-corrected chi connectivity index (χ4v) is 0.877. The predicted octanol–water partition coefficient (Wildman–Crippen LogP) is 0.852. The molecule has 1 aromatic heterocycles. The van der Waals surface area contributed by atoms with Gasteiger partial charge in [-0.15, -0.1) is 0 Å². The van der Waals surface area contributed by atoms with Crippen LogP contribution >= 0.6 is 0 Å². The Kier molecular flexibility index (Phi) is 2.97. The number of nitrogens with two attached hydrogens (primary N) is 1. The van der Waals surface area contributed by atoms with E-state index in [9.17, 15) is 4.79 Å². The first-order valence-corrected chi connectivity index (χ1v) is 3.99. The maximum Gasteiger partial charge on any atom is 0.358 e. The first-order chi connectivity index (χ1) is 6.09. The van der Waals surface area contributed by atoms with Gasteiger partial charge >= 0.3 is 5.97 Å². The molecule has 0 fully saturated rings. The standard InChI is InChI=1S/C9H12N2O2/c1-6-3-4-11-8(5-6)9(12)13-7(2)10/h3-5,7H,10H2,1-2H3. The number of nitrogens with zero attached hydrogens (tertiary/aromatic N) is 1. The van der Waals surface area contributed by atoms with Crippen molar-refractivity contribution < 1.29 is 9.53 Å². The molecule has 0 radical (unpaired) electrons. The first-order valence-electron chi connectivity index (χ1n) is 3.99. The molecular formula is C9H12N2O2. The number of carbonyl (C=O) groups is 1. The van der Waals surface area contributed by atoms with Crippen LogP contribution in [-0.4, -0.2) is 17.2 Å². The summed E-state index contributed by atoms with van der Waals surface area (Å²) in [5.74, 6) is -0.487. The summed E-state index contributed by atoms with van der Waals surface area (Å²) in [6.07, 6.45) is 0.961. The van der Waals surface area contributed by atoms with Crippen molar-refractivity contribution in [1.29, 1.82) is 0 Å². The maximum absolute atomic E-state index is 11.2. The third kappa shape index (κ3) is 2.83. The molecule has 2 N–H and O–H groups in total. The molecule has 13 heavy (non-hydrogen) atoms. The van der Waals surface area contributed by atoms with Crippen LogP contribution in [0.2, 0.25) is 0 Å². The average molecular weight is 180 g/mol. The van der Waals surface area contributed by atoms with E-state index in [4.69, 9.17) is 10.5 Å². The van der Waals surface area contributed by atoms with Crippen molar-refractivity contribution in [1.82, 2.24) is 4.98 Å². The maximum atomic E-state index is 11.2. The summed E-state index contributed by atoms with van der Waals surface area (Å²) in [4.78, 5) is 15.1. The Hall–Kier alpha value is -1.42. The van der Waals surface area contributed by atoms with E-state index in [0.29, 0.717) is 0 Å². The van der Waals surface area contributed by atoms with Gasteiger partial charge < -0.3 is 4.74 Å². The number of ether oxygens (including phenoxy) is 1. The summed E-state index contributed by atoms with van der Waals surface area (Å²) in [6.45, 7) is 3.47. The van der Waals surface area contributed by atoms with Crippen molar-refractivity contribution in [3.05, 3.63) is 29.6 Å². The number of rotatable bonds is 2. The van der Waals surface area contributed by atoms with E-state index in [1.54, 1.807) is 19.2 Å². The van der Waals surface area contributed by atoms with E-state index >= 15 is 0 Å². The van der Waals surface area contributed by atoms with Gasteiger partial charge in [-0.2, -0.15) is 0 Å². The van der Waals surface area contributed by atoms with E-state index in [1.165, 1.54) is 0 Å². The van der Waals surface area contributed by atoms with Crippen LogP contribution in [0.15, 0.2) is 18.3 Å². The van der Waals surface area contributed by atoms with Crippen LogP contribution < -0.4 is 5.73 Å². The third-order valence-electron chi connectivity index (χ3n) is 1.42. The highest BCUT2D eigenvalue weighted by Gasteiger charge is 2.09. The quantitative estimate of drug-likeness (QED) is 0.541. The molecule has 1 heterocycles. The largest absolute Gasteiger partial charge is 0.442 e. The topological polar surface area (TPSA) is 65.2 Å². The minimum Gasteiger partial charge on any atom is -0.442 e. The molecule has 70 valence electrons. The molecule has 0 aliphatic carbocycles. The van der Waals surface area contributed by atoms with Crippen molar-refractivity contribution in [2.75, 3.05) is 0 Å². The zero-order valence-corrected chi connectivity index (χ0v) is 7.65. The molecule has 4 nitrogen and oxygen atoms in total. The lowest BCUT2D eigenvalue weighted by molar-refractivity contribution is 0.0348. The van der Waals surface area contributed by atoms with Crippen LogP contribution in [0, 0.1) is 6.92 Å². The van der Waals surface area contributed by atoms with Gasteiger partial charge in [-0.25, -0.2) is 9.78 Å². The molecule has 0 saturated heterocycles. The Balaban J connectivity index is 2.77. The summed E-state index contributed by atoms with van der Waals surface area (Å²) in [6, 6.07) is 3.47. The summed E-state index contributed by atoms with van der Waals surface area (Å²) >= 11 is 0. The highest BCUT2D eigenvalue weighted by atomic mass is 16.6. The van der Waals surface area contributed by atoms with Gasteiger partial charge in [-0.1, -0.05) is 0 Å². The van der Waals surface area contributed by atoms with Crippen LogP contribution in [-0.2, 0) is 4.74 Å². The minimum atomic E-state index is -0.602.